The van der Waals surface area contributed by atoms with Crippen molar-refractivity contribution in [2.45, 2.75) is 33.1 Å². The average Bonchev–Trinajstić information content (AvgIpc) is 3.19. The van der Waals surface area contributed by atoms with Crippen LogP contribution in [0.4, 0.5) is 10.8 Å². The van der Waals surface area contributed by atoms with E-state index in [0.717, 1.165) is 15.9 Å². The summed E-state index contributed by atoms with van der Waals surface area (Å²) < 4.78 is 4.90. The Kier molecular flexibility index (Phi) is 5.71. The topological polar surface area (TPSA) is 107 Å². The van der Waals surface area contributed by atoms with E-state index in [1.165, 1.54) is 22.7 Å². The summed E-state index contributed by atoms with van der Waals surface area (Å²) in [5, 5.41) is 5.65. The molecule has 9 heteroatoms. The maximum Gasteiger partial charge on any atom is 0.311 e. The van der Waals surface area contributed by atoms with Gasteiger partial charge in [0.1, 0.15) is 9.71 Å². The van der Waals surface area contributed by atoms with Crippen LogP contribution in [0.3, 0.4) is 0 Å². The van der Waals surface area contributed by atoms with Crippen molar-refractivity contribution >= 4 is 55.6 Å². The third-order valence-electron chi connectivity index (χ3n) is 3.82. The third-order valence-corrected chi connectivity index (χ3v) is 5.74. The van der Waals surface area contributed by atoms with Crippen molar-refractivity contribution in [3.05, 3.63) is 33.8 Å². The van der Waals surface area contributed by atoms with E-state index in [1.54, 1.807) is 12.3 Å². The van der Waals surface area contributed by atoms with Crippen molar-refractivity contribution in [3.8, 4) is 0 Å². The van der Waals surface area contributed by atoms with Crippen LogP contribution >= 0.6 is 22.7 Å². The summed E-state index contributed by atoms with van der Waals surface area (Å²) in [4.78, 5) is 34.1. The lowest BCUT2D eigenvalue weighted by molar-refractivity contribution is -0.142. The molecule has 3 rings (SSSR count). The standard InChI is InChI=1S/C18H20N4O3S2/c1-4-25-13(23)7-10-8-26-18(20-10)22-16(24)15-14(19)11-5-6-12(9(2)3)21-17(11)27-15/h5-6,8-9H,4,7,19H2,1-3H3,(H,20,22,24). The van der Waals surface area contributed by atoms with Gasteiger partial charge in [-0.3, -0.25) is 14.9 Å². The Balaban J connectivity index is 1.77. The number of carbonyl (C=O) groups excluding carboxylic acids is 2. The van der Waals surface area contributed by atoms with Gasteiger partial charge >= 0.3 is 5.97 Å². The second kappa shape index (κ2) is 8.01. The van der Waals surface area contributed by atoms with Crippen LogP contribution in [0.15, 0.2) is 17.5 Å². The van der Waals surface area contributed by atoms with Gasteiger partial charge < -0.3 is 10.5 Å². The molecule has 27 heavy (non-hydrogen) atoms. The molecule has 0 saturated heterocycles. The number of hydrogen-bond acceptors (Lipinski definition) is 8. The number of nitrogens with zero attached hydrogens (tertiary/aromatic N) is 2. The highest BCUT2D eigenvalue weighted by molar-refractivity contribution is 7.21. The number of nitrogens with one attached hydrogen (secondary N) is 1. The largest absolute Gasteiger partial charge is 0.466 e. The van der Waals surface area contributed by atoms with E-state index in [0.29, 0.717) is 33.9 Å². The molecular weight excluding hydrogens is 384 g/mol. The highest BCUT2D eigenvalue weighted by atomic mass is 32.1. The SMILES string of the molecule is CCOC(=O)Cc1csc(NC(=O)c2sc3nc(C(C)C)ccc3c2N)n1. The van der Waals surface area contributed by atoms with Crippen molar-refractivity contribution in [2.75, 3.05) is 17.7 Å². The maximum absolute atomic E-state index is 12.6. The first-order chi connectivity index (χ1) is 12.9. The average molecular weight is 405 g/mol. The number of aromatic nitrogens is 2. The van der Waals surface area contributed by atoms with E-state index in [9.17, 15) is 9.59 Å². The molecule has 0 aliphatic rings. The number of hydrogen-bond donors (Lipinski definition) is 2. The number of nitrogen functional groups attached to an aromatic ring is 1. The minimum atomic E-state index is -0.346. The van der Waals surface area contributed by atoms with Crippen molar-refractivity contribution in [1.82, 2.24) is 9.97 Å². The van der Waals surface area contributed by atoms with Gasteiger partial charge in [-0.1, -0.05) is 13.8 Å². The Morgan fingerprint density at radius 1 is 1.30 bits per heavy atom. The van der Waals surface area contributed by atoms with E-state index >= 15 is 0 Å². The number of ether oxygens (including phenoxy) is 1. The third kappa shape index (κ3) is 4.25. The van der Waals surface area contributed by atoms with Gasteiger partial charge in [-0.05, 0) is 25.0 Å². The van der Waals surface area contributed by atoms with Gasteiger partial charge in [-0.25, -0.2) is 9.97 Å². The molecule has 0 aliphatic heterocycles. The lowest BCUT2D eigenvalue weighted by Gasteiger charge is -2.03. The van der Waals surface area contributed by atoms with Gasteiger partial charge in [-0.2, -0.15) is 0 Å². The van der Waals surface area contributed by atoms with Crippen molar-refractivity contribution < 1.29 is 14.3 Å². The molecule has 3 heterocycles. The summed E-state index contributed by atoms with van der Waals surface area (Å²) in [5.74, 6) is -0.386. The highest BCUT2D eigenvalue weighted by Gasteiger charge is 2.19. The molecule has 0 saturated carbocycles. The van der Waals surface area contributed by atoms with E-state index in [-0.39, 0.29) is 18.3 Å². The summed E-state index contributed by atoms with van der Waals surface area (Å²) in [7, 11) is 0. The van der Waals surface area contributed by atoms with E-state index in [4.69, 9.17) is 10.5 Å². The predicted octanol–water partition coefficient (Wildman–Crippen LogP) is 3.82. The molecule has 0 atom stereocenters. The predicted molar refractivity (Wildman–Crippen MR) is 109 cm³/mol. The molecule has 0 spiro atoms. The zero-order valence-electron chi connectivity index (χ0n) is 15.2. The van der Waals surface area contributed by atoms with Crippen LogP contribution in [-0.2, 0) is 16.0 Å². The first-order valence-corrected chi connectivity index (χ1v) is 10.2. The number of esters is 1. The van der Waals surface area contributed by atoms with Gasteiger partial charge in [0, 0.05) is 16.5 Å². The molecule has 0 unspecified atom stereocenters. The number of pyridine rings is 1. The normalized spacial score (nSPS) is 11.1. The number of anilines is 2. The Morgan fingerprint density at radius 2 is 2.07 bits per heavy atom. The first-order valence-electron chi connectivity index (χ1n) is 8.49. The van der Waals surface area contributed by atoms with Crippen LogP contribution in [0.25, 0.3) is 10.2 Å². The van der Waals surface area contributed by atoms with Crippen LogP contribution in [-0.4, -0.2) is 28.5 Å². The van der Waals surface area contributed by atoms with E-state index in [1.807, 2.05) is 12.1 Å². The number of fused-ring (bicyclic) bond motifs is 1. The molecule has 3 aromatic heterocycles. The number of thiophene rings is 1. The molecule has 0 aromatic carbocycles. The zero-order valence-corrected chi connectivity index (χ0v) is 16.9. The molecule has 142 valence electrons. The smallest absolute Gasteiger partial charge is 0.311 e. The summed E-state index contributed by atoms with van der Waals surface area (Å²) in [6.07, 6.45) is 0.0765. The fraction of sp³-hybridized carbons (Fsp3) is 0.333. The number of carbonyl (C=O) groups is 2. The Hall–Kier alpha value is -2.52. The molecule has 0 fully saturated rings. The van der Waals surface area contributed by atoms with Gasteiger partial charge in [0.2, 0.25) is 0 Å². The second-order valence-corrected chi connectivity index (χ2v) is 8.03. The van der Waals surface area contributed by atoms with Gasteiger partial charge in [-0.15, -0.1) is 22.7 Å². The lowest BCUT2D eigenvalue weighted by Crippen LogP contribution is -2.12. The monoisotopic (exact) mass is 404 g/mol. The number of amides is 1. The van der Waals surface area contributed by atoms with Gasteiger partial charge in [0.05, 0.1) is 24.4 Å². The summed E-state index contributed by atoms with van der Waals surface area (Å²) >= 11 is 2.51. The lowest BCUT2D eigenvalue weighted by atomic mass is 10.1. The molecule has 1 amide bonds. The quantitative estimate of drug-likeness (QED) is 0.605. The zero-order chi connectivity index (χ0) is 19.6. The van der Waals surface area contributed by atoms with Crippen LogP contribution in [0.2, 0.25) is 0 Å². The van der Waals surface area contributed by atoms with Gasteiger partial charge in [0.25, 0.3) is 5.91 Å². The molecule has 0 radical (unpaired) electrons. The number of thiazole rings is 1. The Bertz CT molecular complexity index is 994. The number of nitrogens with two attached hydrogens (primary N) is 1. The van der Waals surface area contributed by atoms with Crippen LogP contribution in [0.5, 0.6) is 0 Å². The van der Waals surface area contributed by atoms with Gasteiger partial charge in [0.15, 0.2) is 5.13 Å². The summed E-state index contributed by atoms with van der Waals surface area (Å²) in [5.41, 5.74) is 8.09. The summed E-state index contributed by atoms with van der Waals surface area (Å²) in [6.45, 7) is 6.20. The highest BCUT2D eigenvalue weighted by Crippen LogP contribution is 2.34. The fourth-order valence-electron chi connectivity index (χ4n) is 2.46. The van der Waals surface area contributed by atoms with Crippen molar-refractivity contribution in [1.29, 1.82) is 0 Å². The minimum absolute atomic E-state index is 0.0765. The van der Waals surface area contributed by atoms with Crippen LogP contribution in [0.1, 0.15) is 47.7 Å². The van der Waals surface area contributed by atoms with E-state index in [2.05, 4.69) is 29.1 Å². The second-order valence-electron chi connectivity index (χ2n) is 6.17. The molecule has 0 bridgehead atoms. The van der Waals surface area contributed by atoms with Crippen LogP contribution < -0.4 is 11.1 Å². The van der Waals surface area contributed by atoms with Crippen LogP contribution in [0, 0.1) is 0 Å². The maximum atomic E-state index is 12.6. The summed E-state index contributed by atoms with van der Waals surface area (Å²) in [6, 6.07) is 3.83. The minimum Gasteiger partial charge on any atom is -0.466 e. The molecule has 3 aromatic rings. The van der Waals surface area contributed by atoms with Crippen molar-refractivity contribution in [3.63, 3.8) is 0 Å². The van der Waals surface area contributed by atoms with E-state index < -0.39 is 0 Å². The molecule has 3 N–H and O–H groups in total. The Labute approximate surface area is 164 Å². The van der Waals surface area contributed by atoms with Crippen molar-refractivity contribution in [2.24, 2.45) is 0 Å². The molecule has 7 nitrogen and oxygen atoms in total. The number of rotatable bonds is 6. The fourth-order valence-corrected chi connectivity index (χ4v) is 4.16. The Morgan fingerprint density at radius 3 is 2.78 bits per heavy atom. The molecule has 0 aliphatic carbocycles. The molecular formula is C18H20N4O3S2. The first kappa shape index (κ1) is 19.2.